The van der Waals surface area contributed by atoms with E-state index in [1.54, 1.807) is 0 Å². The van der Waals surface area contributed by atoms with Crippen LogP contribution in [0.15, 0.2) is 193 Å². The third-order valence-corrected chi connectivity index (χ3v) is 9.03. The number of hydrogen-bond donors (Lipinski definition) is 0. The number of carbonyl (C=O) groups is 2. The minimum Gasteiger partial charge on any atom is -0.289 e. The maximum absolute atomic E-state index is 15.3. The number of carbonyl (C=O) groups excluding carboxylic acids is 2. The molecule has 2 aliphatic carbocycles. The van der Waals surface area contributed by atoms with Gasteiger partial charge in [-0.15, -0.1) is 0 Å². The molecule has 0 bridgehead atoms. The smallest absolute Gasteiger partial charge is 0.195 e. The molecule has 6 aromatic carbocycles. The van der Waals surface area contributed by atoms with Gasteiger partial charge in [-0.25, -0.2) is 0 Å². The largest absolute Gasteiger partial charge is 0.289 e. The third-order valence-electron chi connectivity index (χ3n) is 9.03. The molecule has 0 fully saturated rings. The molecule has 0 atom stereocenters. The summed E-state index contributed by atoms with van der Waals surface area (Å²) in [5.41, 5.74) is 10.5. The van der Waals surface area contributed by atoms with Crippen molar-refractivity contribution in [1.82, 2.24) is 0 Å². The lowest BCUT2D eigenvalue weighted by atomic mass is 9.85. The summed E-state index contributed by atoms with van der Waals surface area (Å²) in [5, 5.41) is 0. The van der Waals surface area contributed by atoms with Crippen molar-refractivity contribution < 1.29 is 9.59 Å². The number of Topliss-reactive ketones (excluding diaryl/α,β-unsaturated/α-hetero) is 2. The molecule has 0 saturated heterocycles. The Morgan fingerprint density at radius 2 is 0.354 bits per heavy atom. The summed E-state index contributed by atoms with van der Waals surface area (Å²) in [6, 6.07) is 59.8. The van der Waals surface area contributed by atoms with Crippen LogP contribution in [0, 0.1) is 0 Å². The first-order valence-corrected chi connectivity index (χ1v) is 16.1. The zero-order valence-corrected chi connectivity index (χ0v) is 26.1. The first-order valence-electron chi connectivity index (χ1n) is 16.1. The van der Waals surface area contributed by atoms with Gasteiger partial charge in [-0.1, -0.05) is 182 Å². The Hall–Kier alpha value is -6.38. The number of rotatable bonds is 7. The number of hydrogen-bond acceptors (Lipinski definition) is 2. The number of ketones is 2. The molecule has 2 aliphatic rings. The Morgan fingerprint density at radius 1 is 0.188 bits per heavy atom. The topological polar surface area (TPSA) is 34.1 Å². The van der Waals surface area contributed by atoms with Gasteiger partial charge in [0.25, 0.3) is 0 Å². The Morgan fingerprint density at radius 3 is 0.562 bits per heavy atom. The number of benzene rings is 6. The fraction of sp³-hybridized carbons (Fsp3) is 0. The fourth-order valence-electron chi connectivity index (χ4n) is 7.02. The van der Waals surface area contributed by atoms with Crippen molar-refractivity contribution in [2.45, 2.75) is 0 Å². The first-order chi connectivity index (χ1) is 23.7. The molecule has 0 aromatic heterocycles. The molecular formula is C46H30O2. The molecule has 226 valence electrons. The minimum atomic E-state index is -0.155. The van der Waals surface area contributed by atoms with Gasteiger partial charge in [-0.3, -0.25) is 9.59 Å². The fourth-order valence-corrected chi connectivity index (χ4v) is 7.02. The third kappa shape index (κ3) is 4.92. The van der Waals surface area contributed by atoms with Gasteiger partial charge in [0.05, 0.1) is 0 Å². The van der Waals surface area contributed by atoms with E-state index in [1.165, 1.54) is 0 Å². The lowest BCUT2D eigenvalue weighted by molar-refractivity contribution is -0.112. The zero-order chi connectivity index (χ0) is 32.5. The van der Waals surface area contributed by atoms with Crippen molar-refractivity contribution in [2.75, 3.05) is 0 Å². The van der Waals surface area contributed by atoms with Crippen LogP contribution in [-0.4, -0.2) is 11.6 Å². The van der Waals surface area contributed by atoms with Gasteiger partial charge < -0.3 is 0 Å². The van der Waals surface area contributed by atoms with Crippen LogP contribution in [0.2, 0.25) is 0 Å². The number of allylic oxidation sites excluding steroid dienone is 8. The van der Waals surface area contributed by atoms with Crippen molar-refractivity contribution in [3.8, 4) is 0 Å². The van der Waals surface area contributed by atoms with Gasteiger partial charge in [0, 0.05) is 44.6 Å². The molecule has 2 heteroatoms. The molecule has 0 amide bonds. The minimum absolute atomic E-state index is 0.155. The average molecular weight is 615 g/mol. The summed E-state index contributed by atoms with van der Waals surface area (Å²) in [7, 11) is 0. The molecule has 0 radical (unpaired) electrons. The molecule has 2 nitrogen and oxygen atoms in total. The molecule has 6 aromatic rings. The lowest BCUT2D eigenvalue weighted by Gasteiger charge is -2.16. The predicted octanol–water partition coefficient (Wildman–Crippen LogP) is 10.3. The van der Waals surface area contributed by atoms with Crippen LogP contribution in [-0.2, 0) is 9.59 Å². The maximum atomic E-state index is 15.3. The Labute approximate surface area is 280 Å². The SMILES string of the molecule is O=C1C(C2=C(c3ccccc3)C(c3ccccc3)=C(c3ccccc3)C2=O)=C(c2ccccc2)C(c2ccccc2)=C1c1ccccc1. The van der Waals surface area contributed by atoms with Crippen molar-refractivity contribution in [1.29, 1.82) is 0 Å². The van der Waals surface area contributed by atoms with Gasteiger partial charge in [0.1, 0.15) is 0 Å². The second-order valence-corrected chi connectivity index (χ2v) is 11.9. The van der Waals surface area contributed by atoms with E-state index in [0.29, 0.717) is 22.3 Å². The van der Waals surface area contributed by atoms with Gasteiger partial charge in [-0.2, -0.15) is 0 Å². The van der Waals surface area contributed by atoms with Crippen molar-refractivity contribution >= 4 is 45.0 Å². The average Bonchev–Trinajstić information content (AvgIpc) is 3.64. The van der Waals surface area contributed by atoms with Crippen LogP contribution >= 0.6 is 0 Å². The molecule has 0 unspecified atom stereocenters. The van der Waals surface area contributed by atoms with Crippen molar-refractivity contribution in [2.24, 2.45) is 0 Å². The van der Waals surface area contributed by atoms with E-state index < -0.39 is 0 Å². The van der Waals surface area contributed by atoms with Gasteiger partial charge in [0.15, 0.2) is 11.6 Å². The molecule has 0 N–H and O–H groups in total. The van der Waals surface area contributed by atoms with E-state index in [1.807, 2.05) is 182 Å². The summed E-state index contributed by atoms with van der Waals surface area (Å²) in [5.74, 6) is -0.310. The van der Waals surface area contributed by atoms with Crippen LogP contribution in [0.3, 0.4) is 0 Å². The molecule has 0 spiro atoms. The highest BCUT2D eigenvalue weighted by molar-refractivity contribution is 6.56. The normalized spacial score (nSPS) is 14.8. The monoisotopic (exact) mass is 614 g/mol. The van der Waals surface area contributed by atoms with Crippen LogP contribution < -0.4 is 0 Å². The van der Waals surface area contributed by atoms with E-state index in [9.17, 15) is 0 Å². The first kappa shape index (κ1) is 29.1. The van der Waals surface area contributed by atoms with E-state index in [-0.39, 0.29) is 11.6 Å². The molecule has 8 rings (SSSR count). The highest BCUT2D eigenvalue weighted by Gasteiger charge is 2.44. The summed E-state index contributed by atoms with van der Waals surface area (Å²) in [6.07, 6.45) is 0. The summed E-state index contributed by atoms with van der Waals surface area (Å²) < 4.78 is 0. The standard InChI is InChI=1S/C46H30O2/c47-45-41(35-27-15-5-16-28-35)37(31-19-7-1-8-20-31)39(33-23-11-3-12-24-33)43(45)44-40(34-25-13-4-14-26-34)38(32-21-9-2-10-22-32)42(46(44)48)36-29-17-6-18-30-36/h1-30H. The second-order valence-electron chi connectivity index (χ2n) is 11.9. The Bertz CT molecular complexity index is 2120. The second kappa shape index (κ2) is 12.4. The Kier molecular flexibility index (Phi) is 7.52. The van der Waals surface area contributed by atoms with E-state index >= 15 is 9.59 Å². The molecule has 0 heterocycles. The molecule has 0 saturated carbocycles. The highest BCUT2D eigenvalue weighted by atomic mass is 16.1. The van der Waals surface area contributed by atoms with E-state index in [2.05, 4.69) is 0 Å². The van der Waals surface area contributed by atoms with Gasteiger partial charge in [-0.05, 0) is 33.4 Å². The van der Waals surface area contributed by atoms with Crippen molar-refractivity contribution in [3.63, 3.8) is 0 Å². The summed E-state index contributed by atoms with van der Waals surface area (Å²) in [4.78, 5) is 30.7. The van der Waals surface area contributed by atoms with E-state index in [4.69, 9.17) is 0 Å². The van der Waals surface area contributed by atoms with Gasteiger partial charge >= 0.3 is 0 Å². The van der Waals surface area contributed by atoms with Crippen LogP contribution in [0.4, 0.5) is 0 Å². The molecule has 0 aliphatic heterocycles. The van der Waals surface area contributed by atoms with Crippen molar-refractivity contribution in [3.05, 3.63) is 227 Å². The zero-order valence-electron chi connectivity index (χ0n) is 26.1. The van der Waals surface area contributed by atoms with E-state index in [0.717, 1.165) is 55.7 Å². The quantitative estimate of drug-likeness (QED) is 0.179. The molecular weight excluding hydrogens is 585 g/mol. The van der Waals surface area contributed by atoms with Crippen LogP contribution in [0.5, 0.6) is 0 Å². The van der Waals surface area contributed by atoms with Crippen LogP contribution in [0.25, 0.3) is 33.4 Å². The predicted molar refractivity (Wildman–Crippen MR) is 196 cm³/mol. The maximum Gasteiger partial charge on any atom is 0.195 e. The Balaban J connectivity index is 1.52. The lowest BCUT2D eigenvalue weighted by Crippen LogP contribution is -2.12. The summed E-state index contributed by atoms with van der Waals surface area (Å²) in [6.45, 7) is 0. The van der Waals surface area contributed by atoms with Gasteiger partial charge in [0.2, 0.25) is 0 Å². The highest BCUT2D eigenvalue weighted by Crippen LogP contribution is 2.55. The van der Waals surface area contributed by atoms with Crippen LogP contribution in [0.1, 0.15) is 33.4 Å². The summed E-state index contributed by atoms with van der Waals surface area (Å²) >= 11 is 0. The molecule has 48 heavy (non-hydrogen) atoms.